The summed E-state index contributed by atoms with van der Waals surface area (Å²) in [5, 5.41) is 0. The van der Waals surface area contributed by atoms with E-state index < -0.39 is 6.26 Å². The molecule has 1 aliphatic heterocycles. The van der Waals surface area contributed by atoms with Crippen LogP contribution in [0.5, 0.6) is 0 Å². The summed E-state index contributed by atoms with van der Waals surface area (Å²) in [6, 6.07) is 0. The van der Waals surface area contributed by atoms with Gasteiger partial charge in [-0.3, -0.25) is 0 Å². The Morgan fingerprint density at radius 1 is 1.64 bits per heavy atom. The van der Waals surface area contributed by atoms with Crippen molar-refractivity contribution in [2.75, 3.05) is 26.5 Å². The summed E-state index contributed by atoms with van der Waals surface area (Å²) in [4.78, 5) is 11.5. The third-order valence-corrected chi connectivity index (χ3v) is 4.04. The molecule has 0 aromatic heterocycles. The topological polar surface area (TPSA) is 41.5 Å². The lowest BCUT2D eigenvalue weighted by Crippen LogP contribution is -2.25. The average Bonchev–Trinajstić information content (AvgIpc) is 2.28. The fourth-order valence-electron chi connectivity index (χ4n) is 2.00. The predicted molar refractivity (Wildman–Crippen MR) is 59.4 cm³/mol. The fraction of sp³-hybridized carbons (Fsp3) is 1.00. The molecule has 0 spiro atoms. The first kappa shape index (κ1) is 12.6. The van der Waals surface area contributed by atoms with Crippen LogP contribution in [0, 0.1) is 5.92 Å². The molecular weight excluding hydrogens is 219 g/mol. The van der Waals surface area contributed by atoms with E-state index in [4.69, 9.17) is 21.3 Å². The van der Waals surface area contributed by atoms with Crippen LogP contribution in [0.2, 0.25) is 0 Å². The minimum Gasteiger partial charge on any atom is -0.821 e. The molecule has 1 heterocycles. The average molecular weight is 237 g/mol. The lowest BCUT2D eigenvalue weighted by atomic mass is 10.0. The molecule has 1 aliphatic rings. The van der Waals surface area contributed by atoms with E-state index in [9.17, 15) is 4.89 Å². The first-order valence-electron chi connectivity index (χ1n) is 4.84. The van der Waals surface area contributed by atoms with Gasteiger partial charge in [0.05, 0.1) is 18.8 Å². The van der Waals surface area contributed by atoms with Crippen LogP contribution in [-0.4, -0.2) is 38.8 Å². The van der Waals surface area contributed by atoms with E-state index in [0.29, 0.717) is 18.7 Å². The van der Waals surface area contributed by atoms with Crippen molar-refractivity contribution in [3.05, 3.63) is 0 Å². The minimum atomic E-state index is -2.35. The van der Waals surface area contributed by atoms with Crippen LogP contribution in [0.3, 0.4) is 0 Å². The maximum Gasteiger partial charge on any atom is 0.0844 e. The normalized spacial score (nSPS) is 37.0. The number of rotatable bonds is 4. The highest BCUT2D eigenvalue weighted by atomic mass is 32.4. The second-order valence-corrected chi connectivity index (χ2v) is 8.84. The van der Waals surface area contributed by atoms with E-state index in [-0.39, 0.29) is 12.2 Å². The van der Waals surface area contributed by atoms with Gasteiger partial charge in [0.15, 0.2) is 0 Å². The quantitative estimate of drug-likeness (QED) is 0.679. The van der Waals surface area contributed by atoms with E-state index >= 15 is 0 Å². The second kappa shape index (κ2) is 5.04. The highest BCUT2D eigenvalue weighted by molar-refractivity contribution is 8.10. The van der Waals surface area contributed by atoms with Gasteiger partial charge in [0, 0.05) is 7.11 Å². The lowest BCUT2D eigenvalue weighted by molar-refractivity contribution is -0.160. The SMILES string of the molecule is COC[C@H]1O[C@@H](C)CC1CP(C)([O-])=S. The molecule has 0 bridgehead atoms. The summed E-state index contributed by atoms with van der Waals surface area (Å²) < 4.78 is 10.7. The highest BCUT2D eigenvalue weighted by Gasteiger charge is 2.33. The summed E-state index contributed by atoms with van der Waals surface area (Å²) >= 11 is 4.96. The van der Waals surface area contributed by atoms with Gasteiger partial charge >= 0.3 is 0 Å². The van der Waals surface area contributed by atoms with Gasteiger partial charge in [-0.1, -0.05) is 0 Å². The molecule has 0 aliphatic carbocycles. The Balaban J connectivity index is 2.53. The predicted octanol–water partition coefficient (Wildman–Crippen LogP) is 0.811. The van der Waals surface area contributed by atoms with Crippen molar-refractivity contribution >= 4 is 18.1 Å². The zero-order valence-electron chi connectivity index (χ0n) is 8.93. The standard InChI is InChI=1S/C9H19O3PS/c1-7-4-8(6-13(3,10)14)9(12-7)5-11-2/h7-9H,4-6H2,1-3H3,(H,10,14)/p-1/t7-,8?,9+,13?/m0/s1. The first-order valence-corrected chi connectivity index (χ1v) is 8.19. The summed E-state index contributed by atoms with van der Waals surface area (Å²) in [5.41, 5.74) is 0. The van der Waals surface area contributed by atoms with E-state index in [1.165, 1.54) is 0 Å². The van der Waals surface area contributed by atoms with Crippen LogP contribution < -0.4 is 4.89 Å². The highest BCUT2D eigenvalue weighted by Crippen LogP contribution is 2.39. The molecule has 0 amide bonds. The molecule has 3 nitrogen and oxygen atoms in total. The molecule has 1 rings (SSSR count). The number of hydrogen-bond donors (Lipinski definition) is 0. The number of ether oxygens (including phenoxy) is 2. The van der Waals surface area contributed by atoms with Crippen molar-refractivity contribution in [2.45, 2.75) is 25.6 Å². The van der Waals surface area contributed by atoms with E-state index in [0.717, 1.165) is 6.42 Å². The van der Waals surface area contributed by atoms with Crippen molar-refractivity contribution in [3.63, 3.8) is 0 Å². The van der Waals surface area contributed by atoms with Crippen LogP contribution in [0.25, 0.3) is 0 Å². The molecule has 1 fully saturated rings. The Morgan fingerprint density at radius 3 is 2.79 bits per heavy atom. The first-order chi connectivity index (χ1) is 6.42. The Bertz CT molecular complexity index is 228. The van der Waals surface area contributed by atoms with Crippen molar-refractivity contribution in [2.24, 2.45) is 5.92 Å². The van der Waals surface area contributed by atoms with Gasteiger partial charge in [0.1, 0.15) is 0 Å². The monoisotopic (exact) mass is 237 g/mol. The summed E-state index contributed by atoms with van der Waals surface area (Å²) in [6.45, 7) is 4.27. The molecule has 0 N–H and O–H groups in total. The molecule has 84 valence electrons. The molecule has 5 heteroatoms. The number of methoxy groups -OCH3 is 1. The number of hydrogen-bond acceptors (Lipinski definition) is 4. The zero-order valence-corrected chi connectivity index (χ0v) is 10.6. The molecule has 14 heavy (non-hydrogen) atoms. The van der Waals surface area contributed by atoms with Crippen molar-refractivity contribution < 1.29 is 14.4 Å². The molecule has 0 saturated carbocycles. The van der Waals surface area contributed by atoms with Crippen molar-refractivity contribution in [1.29, 1.82) is 0 Å². The molecule has 4 atom stereocenters. The summed E-state index contributed by atoms with van der Waals surface area (Å²) in [5.74, 6) is 0.304. The van der Waals surface area contributed by atoms with Crippen LogP contribution in [0.1, 0.15) is 13.3 Å². The smallest absolute Gasteiger partial charge is 0.0844 e. The lowest BCUT2D eigenvalue weighted by Gasteiger charge is -2.28. The van der Waals surface area contributed by atoms with Crippen LogP contribution in [0.4, 0.5) is 0 Å². The molecule has 2 unspecified atom stereocenters. The second-order valence-electron chi connectivity index (χ2n) is 4.13. The summed E-state index contributed by atoms with van der Waals surface area (Å²) in [6.07, 6.45) is -0.497. The van der Waals surface area contributed by atoms with Gasteiger partial charge in [-0.25, -0.2) is 0 Å². The van der Waals surface area contributed by atoms with Crippen molar-refractivity contribution in [3.8, 4) is 0 Å². The molecular formula is C9H18O3PS-. The largest absolute Gasteiger partial charge is 0.821 e. The molecule has 0 aromatic rings. The van der Waals surface area contributed by atoms with Crippen molar-refractivity contribution in [1.82, 2.24) is 0 Å². The van der Waals surface area contributed by atoms with Crippen LogP contribution in [0.15, 0.2) is 0 Å². The zero-order chi connectivity index (χ0) is 10.8. The van der Waals surface area contributed by atoms with Crippen LogP contribution in [-0.2, 0) is 21.3 Å². The molecule has 0 radical (unpaired) electrons. The maximum absolute atomic E-state index is 11.5. The van der Waals surface area contributed by atoms with Gasteiger partial charge in [0.2, 0.25) is 0 Å². The van der Waals surface area contributed by atoms with Crippen LogP contribution >= 0.6 is 6.26 Å². The fourth-order valence-corrected chi connectivity index (χ4v) is 3.81. The molecule has 1 saturated heterocycles. The Kier molecular flexibility index (Phi) is 4.54. The molecule has 0 aromatic carbocycles. The maximum atomic E-state index is 11.5. The Labute approximate surface area is 90.9 Å². The van der Waals surface area contributed by atoms with E-state index in [1.54, 1.807) is 13.8 Å². The third kappa shape index (κ3) is 3.95. The minimum absolute atomic E-state index is 0.0752. The van der Waals surface area contributed by atoms with Gasteiger partial charge in [0.25, 0.3) is 0 Å². The summed E-state index contributed by atoms with van der Waals surface area (Å²) in [7, 11) is 1.66. The van der Waals surface area contributed by atoms with Gasteiger partial charge in [-0.15, -0.1) is 18.1 Å². The van der Waals surface area contributed by atoms with Gasteiger partial charge < -0.3 is 14.4 Å². The van der Waals surface area contributed by atoms with E-state index in [2.05, 4.69) is 0 Å². The Hall–Kier alpha value is 0.530. The van der Waals surface area contributed by atoms with Gasteiger partial charge in [-0.2, -0.15) is 0 Å². The Morgan fingerprint density at radius 2 is 2.29 bits per heavy atom. The third-order valence-electron chi connectivity index (χ3n) is 2.46. The van der Waals surface area contributed by atoms with Gasteiger partial charge in [-0.05, 0) is 32.1 Å². The van der Waals surface area contributed by atoms with E-state index in [1.807, 2.05) is 6.92 Å².